The molecule has 2 atom stereocenters. The standard InChI is InChI=1S/C18H16FN5O/c19-13-5-3-11(4-6-13)17-22-16(23-24-17)10-21-18(25)15-8-14(15)12-2-1-7-20-9-12/h1-7,9,14-15H,8,10H2,(H,21,25)(H,22,23,24)/t14-,15+/m0/s1. The molecule has 2 N–H and O–H groups in total. The lowest BCUT2D eigenvalue weighted by molar-refractivity contribution is -0.122. The van der Waals surface area contributed by atoms with Crippen LogP contribution < -0.4 is 5.32 Å². The molecule has 6 nitrogen and oxygen atoms in total. The van der Waals surface area contributed by atoms with Crippen LogP contribution in [0.3, 0.4) is 0 Å². The van der Waals surface area contributed by atoms with Crippen LogP contribution in [-0.2, 0) is 11.3 Å². The fourth-order valence-corrected chi connectivity index (χ4v) is 2.85. The normalized spacial score (nSPS) is 18.8. The monoisotopic (exact) mass is 337 g/mol. The Morgan fingerprint density at radius 1 is 1.28 bits per heavy atom. The largest absolute Gasteiger partial charge is 0.349 e. The number of pyridine rings is 1. The van der Waals surface area contributed by atoms with Crippen LogP contribution in [0.15, 0.2) is 48.8 Å². The molecule has 1 aromatic carbocycles. The van der Waals surface area contributed by atoms with Crippen LogP contribution >= 0.6 is 0 Å². The van der Waals surface area contributed by atoms with Gasteiger partial charge < -0.3 is 5.32 Å². The zero-order chi connectivity index (χ0) is 17.2. The molecule has 0 unspecified atom stereocenters. The predicted octanol–water partition coefficient (Wildman–Crippen LogP) is 2.43. The zero-order valence-electron chi connectivity index (χ0n) is 13.3. The van der Waals surface area contributed by atoms with E-state index in [2.05, 4.69) is 25.5 Å². The third kappa shape index (κ3) is 3.40. The minimum absolute atomic E-state index is 0.00795. The van der Waals surface area contributed by atoms with Crippen molar-refractivity contribution < 1.29 is 9.18 Å². The van der Waals surface area contributed by atoms with Crippen LogP contribution in [0.4, 0.5) is 4.39 Å². The first kappa shape index (κ1) is 15.4. The van der Waals surface area contributed by atoms with Crippen molar-refractivity contribution in [1.82, 2.24) is 25.5 Å². The van der Waals surface area contributed by atoms with Gasteiger partial charge in [0.1, 0.15) is 11.6 Å². The number of halogens is 1. The highest BCUT2D eigenvalue weighted by Gasteiger charge is 2.43. The van der Waals surface area contributed by atoms with E-state index in [1.165, 1.54) is 12.1 Å². The molecule has 0 bridgehead atoms. The summed E-state index contributed by atoms with van der Waals surface area (Å²) >= 11 is 0. The maximum atomic E-state index is 13.0. The predicted molar refractivity (Wildman–Crippen MR) is 88.7 cm³/mol. The Balaban J connectivity index is 1.33. The average molecular weight is 337 g/mol. The molecule has 0 radical (unpaired) electrons. The summed E-state index contributed by atoms with van der Waals surface area (Å²) in [6.07, 6.45) is 4.38. The van der Waals surface area contributed by atoms with E-state index in [0.29, 0.717) is 17.2 Å². The van der Waals surface area contributed by atoms with Crippen LogP contribution in [-0.4, -0.2) is 26.1 Å². The van der Waals surface area contributed by atoms with Crippen molar-refractivity contribution in [3.05, 3.63) is 66.0 Å². The number of carbonyl (C=O) groups is 1. The highest BCUT2D eigenvalue weighted by atomic mass is 19.1. The van der Waals surface area contributed by atoms with E-state index in [-0.39, 0.29) is 30.1 Å². The molecule has 1 fully saturated rings. The van der Waals surface area contributed by atoms with E-state index >= 15 is 0 Å². The van der Waals surface area contributed by atoms with Crippen LogP contribution in [0.5, 0.6) is 0 Å². The quantitative estimate of drug-likeness (QED) is 0.749. The number of carbonyl (C=O) groups excluding carboxylic acids is 1. The van der Waals surface area contributed by atoms with Gasteiger partial charge in [0.2, 0.25) is 5.91 Å². The number of hydrogen-bond donors (Lipinski definition) is 2. The average Bonchev–Trinajstić information content (AvgIpc) is 3.32. The van der Waals surface area contributed by atoms with Crippen molar-refractivity contribution in [2.24, 2.45) is 5.92 Å². The molecule has 0 spiro atoms. The summed E-state index contributed by atoms with van der Waals surface area (Å²) in [6.45, 7) is 0.281. The molecule has 1 saturated carbocycles. The lowest BCUT2D eigenvalue weighted by Crippen LogP contribution is -2.25. The van der Waals surface area contributed by atoms with Crippen molar-refractivity contribution in [3.8, 4) is 11.4 Å². The van der Waals surface area contributed by atoms with Crippen LogP contribution in [0.25, 0.3) is 11.4 Å². The molecular formula is C18H16FN5O. The van der Waals surface area contributed by atoms with Crippen molar-refractivity contribution in [3.63, 3.8) is 0 Å². The van der Waals surface area contributed by atoms with Gasteiger partial charge in [-0.05, 0) is 48.2 Å². The summed E-state index contributed by atoms with van der Waals surface area (Å²) in [4.78, 5) is 20.7. The van der Waals surface area contributed by atoms with Gasteiger partial charge in [-0.3, -0.25) is 14.9 Å². The van der Waals surface area contributed by atoms with Crippen molar-refractivity contribution in [1.29, 1.82) is 0 Å². The Labute approximate surface area is 143 Å². The Bertz CT molecular complexity index is 878. The third-order valence-corrected chi connectivity index (χ3v) is 4.30. The van der Waals surface area contributed by atoms with Gasteiger partial charge in [0.05, 0.1) is 6.54 Å². The molecule has 126 valence electrons. The van der Waals surface area contributed by atoms with E-state index in [0.717, 1.165) is 12.0 Å². The second-order valence-corrected chi connectivity index (χ2v) is 6.07. The molecule has 4 rings (SSSR count). The van der Waals surface area contributed by atoms with E-state index in [4.69, 9.17) is 0 Å². The van der Waals surface area contributed by atoms with Crippen molar-refractivity contribution >= 4 is 5.91 Å². The minimum Gasteiger partial charge on any atom is -0.349 e. The highest BCUT2D eigenvalue weighted by Crippen LogP contribution is 2.47. The number of nitrogens with one attached hydrogen (secondary N) is 2. The van der Waals surface area contributed by atoms with Crippen LogP contribution in [0.2, 0.25) is 0 Å². The molecule has 3 aromatic rings. The van der Waals surface area contributed by atoms with Gasteiger partial charge in [-0.2, -0.15) is 5.10 Å². The summed E-state index contributed by atoms with van der Waals surface area (Å²) in [7, 11) is 0. The second kappa shape index (κ2) is 6.43. The van der Waals surface area contributed by atoms with E-state index in [1.54, 1.807) is 18.3 Å². The fourth-order valence-electron chi connectivity index (χ4n) is 2.85. The van der Waals surface area contributed by atoms with Gasteiger partial charge in [-0.1, -0.05) is 6.07 Å². The van der Waals surface area contributed by atoms with Gasteiger partial charge >= 0.3 is 0 Å². The molecule has 0 saturated heterocycles. The maximum absolute atomic E-state index is 13.0. The molecule has 1 amide bonds. The first-order chi connectivity index (χ1) is 12.2. The summed E-state index contributed by atoms with van der Waals surface area (Å²) in [5, 5.41) is 9.78. The third-order valence-electron chi connectivity index (χ3n) is 4.30. The SMILES string of the molecule is O=C(NCc1nc(-c2ccc(F)cc2)n[nH]1)[C@@H]1C[C@H]1c1cccnc1. The zero-order valence-corrected chi connectivity index (χ0v) is 13.3. The minimum atomic E-state index is -0.306. The van der Waals surface area contributed by atoms with Crippen molar-refractivity contribution in [2.75, 3.05) is 0 Å². The number of aromatic amines is 1. The van der Waals surface area contributed by atoms with Gasteiger partial charge in [0.15, 0.2) is 5.82 Å². The van der Waals surface area contributed by atoms with Crippen molar-refractivity contribution in [2.45, 2.75) is 18.9 Å². The highest BCUT2D eigenvalue weighted by molar-refractivity contribution is 5.82. The number of aromatic nitrogens is 4. The summed E-state index contributed by atoms with van der Waals surface area (Å²) in [6, 6.07) is 9.83. The van der Waals surface area contributed by atoms with E-state index in [1.807, 2.05) is 18.3 Å². The lowest BCUT2D eigenvalue weighted by Gasteiger charge is -2.02. The number of hydrogen-bond acceptors (Lipinski definition) is 4. The Morgan fingerprint density at radius 2 is 2.12 bits per heavy atom. The summed E-state index contributed by atoms with van der Waals surface area (Å²) in [5.41, 5.74) is 1.81. The summed E-state index contributed by atoms with van der Waals surface area (Å²) in [5.74, 6) is 0.977. The number of H-pyrrole nitrogens is 1. The fraction of sp³-hybridized carbons (Fsp3) is 0.222. The molecular weight excluding hydrogens is 321 g/mol. The first-order valence-corrected chi connectivity index (χ1v) is 8.05. The second-order valence-electron chi connectivity index (χ2n) is 6.07. The number of amides is 1. The molecule has 2 aromatic heterocycles. The smallest absolute Gasteiger partial charge is 0.224 e. The summed E-state index contributed by atoms with van der Waals surface area (Å²) < 4.78 is 13.0. The Hall–Kier alpha value is -3.09. The van der Waals surface area contributed by atoms with E-state index < -0.39 is 0 Å². The molecule has 2 heterocycles. The molecule has 7 heteroatoms. The Morgan fingerprint density at radius 3 is 2.88 bits per heavy atom. The molecule has 1 aliphatic carbocycles. The number of nitrogens with zero attached hydrogens (tertiary/aromatic N) is 3. The molecule has 0 aliphatic heterocycles. The molecule has 25 heavy (non-hydrogen) atoms. The van der Waals surface area contributed by atoms with Gasteiger partial charge in [0.25, 0.3) is 0 Å². The van der Waals surface area contributed by atoms with Crippen LogP contribution in [0.1, 0.15) is 23.7 Å². The van der Waals surface area contributed by atoms with Gasteiger partial charge in [0, 0.05) is 23.9 Å². The number of benzene rings is 1. The van der Waals surface area contributed by atoms with Gasteiger partial charge in [-0.25, -0.2) is 9.37 Å². The van der Waals surface area contributed by atoms with E-state index in [9.17, 15) is 9.18 Å². The molecule has 1 aliphatic rings. The number of rotatable bonds is 5. The first-order valence-electron chi connectivity index (χ1n) is 8.05. The van der Waals surface area contributed by atoms with Gasteiger partial charge in [-0.15, -0.1) is 0 Å². The van der Waals surface area contributed by atoms with Crippen LogP contribution in [0, 0.1) is 11.7 Å². The maximum Gasteiger partial charge on any atom is 0.224 e. The lowest BCUT2D eigenvalue weighted by atomic mass is 10.1. The topological polar surface area (TPSA) is 83.6 Å². The Kier molecular flexibility index (Phi) is 3.97.